The number of aryl methyl sites for hydroxylation is 1. The predicted octanol–water partition coefficient (Wildman–Crippen LogP) is 2.99. The van der Waals surface area contributed by atoms with E-state index in [1.165, 1.54) is 0 Å². The summed E-state index contributed by atoms with van der Waals surface area (Å²) in [6.45, 7) is 3.53. The third kappa shape index (κ3) is 3.25. The van der Waals surface area contributed by atoms with Crippen LogP contribution in [0.1, 0.15) is 12.2 Å². The average Bonchev–Trinajstić information content (AvgIpc) is 3.40. The van der Waals surface area contributed by atoms with E-state index in [0.717, 1.165) is 59.4 Å². The molecule has 1 unspecified atom stereocenters. The Morgan fingerprint density at radius 2 is 2.03 bits per heavy atom. The topological polar surface area (TPSA) is 95.0 Å². The van der Waals surface area contributed by atoms with Crippen molar-refractivity contribution >= 4 is 22.8 Å². The van der Waals surface area contributed by atoms with Gasteiger partial charge in [-0.3, -0.25) is 4.57 Å². The van der Waals surface area contributed by atoms with E-state index in [4.69, 9.17) is 15.5 Å². The number of likely N-dealkylation sites (N-methyl/N-ethyl adjacent to an activating group) is 1. The molecule has 1 aliphatic heterocycles. The van der Waals surface area contributed by atoms with E-state index in [2.05, 4.69) is 33.0 Å². The van der Waals surface area contributed by atoms with E-state index < -0.39 is 0 Å². The molecule has 0 radical (unpaired) electrons. The summed E-state index contributed by atoms with van der Waals surface area (Å²) >= 11 is 0. The molecule has 4 aromatic heterocycles. The van der Waals surface area contributed by atoms with Crippen molar-refractivity contribution in [1.29, 1.82) is 0 Å². The summed E-state index contributed by atoms with van der Waals surface area (Å²) in [7, 11) is 2.06. The SMILES string of the molecule is Cc1nc2ccc(-c3ccnc(N)c3)nc2n1-c1ccc(N(C)C2CCOC2)nc1. The van der Waals surface area contributed by atoms with Gasteiger partial charge in [0.25, 0.3) is 0 Å². The number of rotatable bonds is 4. The van der Waals surface area contributed by atoms with E-state index in [0.29, 0.717) is 11.9 Å². The van der Waals surface area contributed by atoms with Crippen molar-refractivity contribution in [3.8, 4) is 16.9 Å². The fourth-order valence-electron chi connectivity index (χ4n) is 3.88. The number of hydrogen-bond donors (Lipinski definition) is 1. The van der Waals surface area contributed by atoms with Crippen LogP contribution in [-0.4, -0.2) is 50.8 Å². The zero-order valence-corrected chi connectivity index (χ0v) is 17.0. The Kier molecular flexibility index (Phi) is 4.55. The monoisotopic (exact) mass is 401 g/mol. The van der Waals surface area contributed by atoms with Gasteiger partial charge in [-0.2, -0.15) is 0 Å². The molecule has 4 aromatic rings. The Morgan fingerprint density at radius 1 is 1.13 bits per heavy atom. The van der Waals surface area contributed by atoms with Gasteiger partial charge in [0.2, 0.25) is 0 Å². The molecule has 2 N–H and O–H groups in total. The molecular formula is C22H23N7O. The second-order valence-electron chi connectivity index (χ2n) is 7.51. The van der Waals surface area contributed by atoms with E-state index in [-0.39, 0.29) is 0 Å². The first-order chi connectivity index (χ1) is 14.6. The van der Waals surface area contributed by atoms with E-state index in [1.807, 2.05) is 48.0 Å². The normalized spacial score (nSPS) is 16.3. The Bertz CT molecular complexity index is 1200. The van der Waals surface area contributed by atoms with Crippen LogP contribution in [0.15, 0.2) is 48.8 Å². The molecule has 0 spiro atoms. The van der Waals surface area contributed by atoms with Gasteiger partial charge in [0.15, 0.2) is 5.65 Å². The molecule has 0 aromatic carbocycles. The lowest BCUT2D eigenvalue weighted by atomic mass is 10.1. The molecule has 8 heteroatoms. The summed E-state index contributed by atoms with van der Waals surface area (Å²) in [6.07, 6.45) is 4.58. The highest BCUT2D eigenvalue weighted by Crippen LogP contribution is 2.26. The third-order valence-electron chi connectivity index (χ3n) is 5.55. The number of nitrogen functional groups attached to an aromatic ring is 1. The highest BCUT2D eigenvalue weighted by atomic mass is 16.5. The van der Waals surface area contributed by atoms with E-state index in [9.17, 15) is 0 Å². The number of pyridine rings is 3. The molecular weight excluding hydrogens is 378 g/mol. The molecule has 0 amide bonds. The number of nitrogens with two attached hydrogens (primary N) is 1. The number of imidazole rings is 1. The molecule has 1 saturated heterocycles. The summed E-state index contributed by atoms with van der Waals surface area (Å²) in [6, 6.07) is 12.1. The van der Waals surface area contributed by atoms with Gasteiger partial charge >= 0.3 is 0 Å². The van der Waals surface area contributed by atoms with Crippen LogP contribution >= 0.6 is 0 Å². The second-order valence-corrected chi connectivity index (χ2v) is 7.51. The largest absolute Gasteiger partial charge is 0.384 e. The Morgan fingerprint density at radius 3 is 2.77 bits per heavy atom. The number of anilines is 2. The van der Waals surface area contributed by atoms with Crippen LogP contribution in [0.4, 0.5) is 11.6 Å². The fourth-order valence-corrected chi connectivity index (χ4v) is 3.88. The van der Waals surface area contributed by atoms with E-state index in [1.54, 1.807) is 6.20 Å². The zero-order valence-electron chi connectivity index (χ0n) is 17.0. The second kappa shape index (κ2) is 7.38. The molecule has 5 heterocycles. The molecule has 8 nitrogen and oxygen atoms in total. The fraction of sp³-hybridized carbons (Fsp3) is 0.273. The molecule has 152 valence electrons. The Labute approximate surface area is 174 Å². The molecule has 1 atom stereocenters. The summed E-state index contributed by atoms with van der Waals surface area (Å²) < 4.78 is 7.53. The minimum absolute atomic E-state index is 0.371. The highest BCUT2D eigenvalue weighted by Gasteiger charge is 2.21. The van der Waals surface area contributed by atoms with Crippen LogP contribution < -0.4 is 10.6 Å². The maximum Gasteiger partial charge on any atom is 0.165 e. The Balaban J connectivity index is 1.53. The minimum Gasteiger partial charge on any atom is -0.384 e. The highest BCUT2D eigenvalue weighted by molar-refractivity contribution is 5.78. The van der Waals surface area contributed by atoms with Crippen LogP contribution in [-0.2, 0) is 4.74 Å². The molecule has 30 heavy (non-hydrogen) atoms. The first-order valence-corrected chi connectivity index (χ1v) is 9.95. The first-order valence-electron chi connectivity index (χ1n) is 9.95. The molecule has 0 bridgehead atoms. The summed E-state index contributed by atoms with van der Waals surface area (Å²) in [5, 5.41) is 0. The molecule has 0 saturated carbocycles. The van der Waals surface area contributed by atoms with Crippen molar-refractivity contribution in [1.82, 2.24) is 24.5 Å². The van der Waals surface area contributed by atoms with Gasteiger partial charge in [-0.15, -0.1) is 0 Å². The van der Waals surface area contributed by atoms with Crippen molar-refractivity contribution in [2.24, 2.45) is 0 Å². The molecule has 0 aliphatic carbocycles. The average molecular weight is 401 g/mol. The molecule has 5 rings (SSSR count). The molecule has 1 fully saturated rings. The van der Waals surface area contributed by atoms with Gasteiger partial charge in [-0.1, -0.05) is 0 Å². The van der Waals surface area contributed by atoms with Crippen molar-refractivity contribution in [3.63, 3.8) is 0 Å². The van der Waals surface area contributed by atoms with Crippen molar-refractivity contribution in [2.45, 2.75) is 19.4 Å². The number of fused-ring (bicyclic) bond motifs is 1. The van der Waals surface area contributed by atoms with Gasteiger partial charge in [-0.05, 0) is 49.7 Å². The lowest BCUT2D eigenvalue weighted by Crippen LogP contribution is -2.32. The number of ether oxygens (including phenoxy) is 1. The van der Waals surface area contributed by atoms with Gasteiger partial charge < -0.3 is 15.4 Å². The van der Waals surface area contributed by atoms with E-state index >= 15 is 0 Å². The van der Waals surface area contributed by atoms with Crippen molar-refractivity contribution in [3.05, 3.63) is 54.6 Å². The number of nitrogens with zero attached hydrogens (tertiary/aromatic N) is 6. The predicted molar refractivity (Wildman–Crippen MR) is 117 cm³/mol. The summed E-state index contributed by atoms with van der Waals surface area (Å²) in [4.78, 5) is 20.5. The first kappa shape index (κ1) is 18.5. The smallest absolute Gasteiger partial charge is 0.165 e. The number of hydrogen-bond acceptors (Lipinski definition) is 7. The minimum atomic E-state index is 0.371. The third-order valence-corrected chi connectivity index (χ3v) is 5.55. The summed E-state index contributed by atoms with van der Waals surface area (Å²) in [5.41, 5.74) is 10.1. The van der Waals surface area contributed by atoms with Crippen LogP contribution in [0.25, 0.3) is 28.1 Å². The Hall–Kier alpha value is -3.52. The van der Waals surface area contributed by atoms with Gasteiger partial charge in [0.05, 0.1) is 30.2 Å². The van der Waals surface area contributed by atoms with Crippen LogP contribution in [0.5, 0.6) is 0 Å². The number of aromatic nitrogens is 5. The zero-order chi connectivity index (χ0) is 20.7. The van der Waals surface area contributed by atoms with Gasteiger partial charge in [0.1, 0.15) is 23.0 Å². The lowest BCUT2D eigenvalue weighted by Gasteiger charge is -2.24. The summed E-state index contributed by atoms with van der Waals surface area (Å²) in [5.74, 6) is 2.25. The van der Waals surface area contributed by atoms with Crippen LogP contribution in [0, 0.1) is 6.92 Å². The quantitative estimate of drug-likeness (QED) is 0.562. The maximum absolute atomic E-state index is 5.84. The standard InChI is InChI=1S/C22H23N7O/c1-14-26-19-5-4-18(15-7-9-24-20(23)11-15)27-22(19)29(14)16-3-6-21(25-12-16)28(2)17-8-10-30-13-17/h3-7,9,11-12,17H,8,10,13H2,1-2H3,(H2,23,24). The molecule has 1 aliphatic rings. The van der Waals surface area contributed by atoms with Crippen molar-refractivity contribution in [2.75, 3.05) is 30.9 Å². The van der Waals surface area contributed by atoms with Crippen molar-refractivity contribution < 1.29 is 4.74 Å². The maximum atomic E-state index is 5.84. The lowest BCUT2D eigenvalue weighted by molar-refractivity contribution is 0.193. The van der Waals surface area contributed by atoms with Crippen LogP contribution in [0.3, 0.4) is 0 Å². The van der Waals surface area contributed by atoms with Gasteiger partial charge in [0, 0.05) is 25.4 Å². The van der Waals surface area contributed by atoms with Gasteiger partial charge in [-0.25, -0.2) is 19.9 Å². The van der Waals surface area contributed by atoms with Crippen LogP contribution in [0.2, 0.25) is 0 Å².